The van der Waals surface area contributed by atoms with Gasteiger partial charge in [-0.25, -0.2) is 22.2 Å². The first-order valence-corrected chi connectivity index (χ1v) is 7.73. The first-order chi connectivity index (χ1) is 9.89. The van der Waals surface area contributed by atoms with Gasteiger partial charge in [-0.2, -0.15) is 0 Å². The molecule has 2 aromatic rings. The summed E-state index contributed by atoms with van der Waals surface area (Å²) < 4.78 is 51.0. The topological polar surface area (TPSA) is 71.1 Å². The molecule has 0 aliphatic rings. The summed E-state index contributed by atoms with van der Waals surface area (Å²) in [5, 5.41) is 2.78. The van der Waals surface area contributed by atoms with Gasteiger partial charge in [-0.3, -0.25) is 4.72 Å². The molecule has 0 radical (unpaired) electrons. The summed E-state index contributed by atoms with van der Waals surface area (Å²) in [6.45, 7) is 1.52. The molecule has 2 N–H and O–H groups in total. The van der Waals surface area contributed by atoms with Crippen molar-refractivity contribution in [2.45, 2.75) is 6.92 Å². The highest BCUT2D eigenvalue weighted by molar-refractivity contribution is 7.92. The fraction of sp³-hybridized carbons (Fsp3) is 0.154. The van der Waals surface area contributed by atoms with Crippen LogP contribution in [0.4, 0.5) is 26.0 Å². The summed E-state index contributed by atoms with van der Waals surface area (Å²) in [4.78, 5) is 3.99. The van der Waals surface area contributed by atoms with Crippen molar-refractivity contribution in [1.29, 1.82) is 0 Å². The summed E-state index contributed by atoms with van der Waals surface area (Å²) in [5.41, 5.74) is 0.663. The normalized spacial score (nSPS) is 11.2. The first kappa shape index (κ1) is 15.2. The van der Waals surface area contributed by atoms with Gasteiger partial charge >= 0.3 is 0 Å². The predicted molar refractivity (Wildman–Crippen MR) is 77.0 cm³/mol. The van der Waals surface area contributed by atoms with E-state index in [-0.39, 0.29) is 5.75 Å². The van der Waals surface area contributed by atoms with Crippen molar-refractivity contribution in [3.8, 4) is 0 Å². The van der Waals surface area contributed by atoms with Crippen molar-refractivity contribution in [2.24, 2.45) is 0 Å². The number of hydrogen-bond acceptors (Lipinski definition) is 4. The van der Waals surface area contributed by atoms with E-state index in [1.54, 1.807) is 0 Å². The number of benzene rings is 1. The smallest absolute Gasteiger partial charge is 0.232 e. The number of hydrogen-bond donors (Lipinski definition) is 2. The Balaban J connectivity index is 2.10. The van der Waals surface area contributed by atoms with Gasteiger partial charge in [-0.05, 0) is 31.2 Å². The molecule has 8 heteroatoms. The van der Waals surface area contributed by atoms with Crippen LogP contribution in [0.2, 0.25) is 0 Å². The number of nitrogens with zero attached hydrogens (tertiary/aromatic N) is 1. The van der Waals surface area contributed by atoms with E-state index in [4.69, 9.17) is 0 Å². The van der Waals surface area contributed by atoms with Gasteiger partial charge in [0.2, 0.25) is 10.0 Å². The lowest BCUT2D eigenvalue weighted by molar-refractivity contribution is 0.509. The van der Waals surface area contributed by atoms with Crippen molar-refractivity contribution in [2.75, 3.05) is 15.8 Å². The maximum absolute atomic E-state index is 13.1. The van der Waals surface area contributed by atoms with Crippen LogP contribution in [0.1, 0.15) is 6.92 Å². The molecular weight excluding hydrogens is 300 g/mol. The Morgan fingerprint density at radius 1 is 1.10 bits per heavy atom. The highest BCUT2D eigenvalue weighted by atomic mass is 32.2. The van der Waals surface area contributed by atoms with Crippen LogP contribution in [0.15, 0.2) is 36.5 Å². The lowest BCUT2D eigenvalue weighted by Gasteiger charge is -2.08. The van der Waals surface area contributed by atoms with Gasteiger partial charge in [-0.1, -0.05) is 0 Å². The van der Waals surface area contributed by atoms with Gasteiger partial charge in [0.25, 0.3) is 0 Å². The molecule has 0 aliphatic heterocycles. The Labute approximate surface area is 121 Å². The molecule has 0 bridgehead atoms. The van der Waals surface area contributed by atoms with Crippen LogP contribution < -0.4 is 10.0 Å². The molecule has 0 amide bonds. The molecule has 0 unspecified atom stereocenters. The standard InChI is InChI=1S/C13H13F2N3O2S/c1-2-21(19,20)18-10-4-6-13(16-8-10)17-9-3-5-11(14)12(15)7-9/h3-8,18H,2H2,1H3,(H,16,17). The number of halogens is 2. The van der Waals surface area contributed by atoms with E-state index in [0.717, 1.165) is 12.1 Å². The average molecular weight is 313 g/mol. The van der Waals surface area contributed by atoms with Gasteiger partial charge in [0.15, 0.2) is 11.6 Å². The van der Waals surface area contributed by atoms with Crippen LogP contribution in [0.3, 0.4) is 0 Å². The van der Waals surface area contributed by atoms with Crippen LogP contribution in [-0.4, -0.2) is 19.2 Å². The molecule has 0 saturated carbocycles. The average Bonchev–Trinajstić information content (AvgIpc) is 2.45. The lowest BCUT2D eigenvalue weighted by Crippen LogP contribution is -2.14. The molecule has 5 nitrogen and oxygen atoms in total. The quantitative estimate of drug-likeness (QED) is 0.890. The third-order valence-electron chi connectivity index (χ3n) is 2.61. The first-order valence-electron chi connectivity index (χ1n) is 6.08. The molecule has 21 heavy (non-hydrogen) atoms. The van der Waals surface area contributed by atoms with Gasteiger partial charge in [0.05, 0.1) is 17.6 Å². The van der Waals surface area contributed by atoms with E-state index in [1.807, 2.05) is 0 Å². The van der Waals surface area contributed by atoms with Crippen LogP contribution in [-0.2, 0) is 10.0 Å². The summed E-state index contributed by atoms with van der Waals surface area (Å²) in [7, 11) is -3.36. The molecule has 2 rings (SSSR count). The summed E-state index contributed by atoms with van der Waals surface area (Å²) in [6, 6.07) is 6.41. The molecule has 1 aromatic carbocycles. The molecular formula is C13H13F2N3O2S. The fourth-order valence-corrected chi connectivity index (χ4v) is 2.13. The maximum Gasteiger partial charge on any atom is 0.232 e. The molecule has 0 fully saturated rings. The van der Waals surface area contributed by atoms with Crippen molar-refractivity contribution >= 4 is 27.2 Å². The third kappa shape index (κ3) is 4.12. The molecule has 0 saturated heterocycles. The second kappa shape index (κ2) is 6.04. The minimum Gasteiger partial charge on any atom is -0.340 e. The van der Waals surface area contributed by atoms with Gasteiger partial charge < -0.3 is 5.32 Å². The highest BCUT2D eigenvalue weighted by Crippen LogP contribution is 2.19. The fourth-order valence-electron chi connectivity index (χ4n) is 1.50. The van der Waals surface area contributed by atoms with Crippen molar-refractivity contribution in [3.63, 3.8) is 0 Å². The second-order valence-corrected chi connectivity index (χ2v) is 6.20. The number of rotatable bonds is 5. The van der Waals surface area contributed by atoms with E-state index in [9.17, 15) is 17.2 Å². The largest absolute Gasteiger partial charge is 0.340 e. The zero-order chi connectivity index (χ0) is 15.5. The number of aromatic nitrogens is 1. The Bertz CT molecular complexity index is 734. The van der Waals surface area contributed by atoms with Gasteiger partial charge in [-0.15, -0.1) is 0 Å². The molecule has 1 heterocycles. The molecule has 112 valence electrons. The van der Waals surface area contributed by atoms with Gasteiger partial charge in [0.1, 0.15) is 5.82 Å². The minimum atomic E-state index is -3.36. The Kier molecular flexibility index (Phi) is 4.37. The predicted octanol–water partition coefficient (Wildman–Crippen LogP) is 2.87. The van der Waals surface area contributed by atoms with Crippen LogP contribution in [0, 0.1) is 11.6 Å². The molecule has 0 aliphatic carbocycles. The Hall–Kier alpha value is -2.22. The van der Waals surface area contributed by atoms with Crippen LogP contribution in [0.25, 0.3) is 0 Å². The Morgan fingerprint density at radius 3 is 2.38 bits per heavy atom. The molecule has 0 atom stereocenters. The Morgan fingerprint density at radius 2 is 1.81 bits per heavy atom. The summed E-state index contributed by atoms with van der Waals surface area (Å²) >= 11 is 0. The minimum absolute atomic E-state index is 0.0398. The van der Waals surface area contributed by atoms with Crippen molar-refractivity contribution < 1.29 is 17.2 Å². The molecule has 1 aromatic heterocycles. The summed E-state index contributed by atoms with van der Waals surface area (Å²) in [6.07, 6.45) is 1.33. The monoisotopic (exact) mass is 313 g/mol. The van der Waals surface area contributed by atoms with Crippen molar-refractivity contribution in [3.05, 3.63) is 48.2 Å². The number of anilines is 3. The van der Waals surface area contributed by atoms with Gasteiger partial charge in [0, 0.05) is 11.8 Å². The van der Waals surface area contributed by atoms with E-state index < -0.39 is 21.7 Å². The lowest BCUT2D eigenvalue weighted by atomic mass is 10.3. The van der Waals surface area contributed by atoms with Crippen LogP contribution in [0.5, 0.6) is 0 Å². The maximum atomic E-state index is 13.1. The molecule has 0 spiro atoms. The number of pyridine rings is 1. The third-order valence-corrected chi connectivity index (χ3v) is 3.92. The summed E-state index contributed by atoms with van der Waals surface area (Å²) in [5.74, 6) is -1.56. The van der Waals surface area contributed by atoms with Crippen molar-refractivity contribution in [1.82, 2.24) is 4.98 Å². The van der Waals surface area contributed by atoms with E-state index in [1.165, 1.54) is 31.3 Å². The SMILES string of the molecule is CCS(=O)(=O)Nc1ccc(Nc2ccc(F)c(F)c2)nc1. The second-order valence-electron chi connectivity index (χ2n) is 4.19. The van der Waals surface area contributed by atoms with E-state index in [0.29, 0.717) is 17.2 Å². The number of sulfonamides is 1. The number of nitrogens with one attached hydrogen (secondary N) is 2. The highest BCUT2D eigenvalue weighted by Gasteiger charge is 2.07. The zero-order valence-electron chi connectivity index (χ0n) is 11.1. The van der Waals surface area contributed by atoms with E-state index >= 15 is 0 Å². The van der Waals surface area contributed by atoms with Crippen LogP contribution >= 0.6 is 0 Å². The zero-order valence-corrected chi connectivity index (χ0v) is 11.9. The van der Waals surface area contributed by atoms with E-state index in [2.05, 4.69) is 15.0 Å².